The first-order valence-corrected chi connectivity index (χ1v) is 21.2. The number of phenols is 1. The molecule has 9 rings (SSSR count). The van der Waals surface area contributed by atoms with Crippen LogP contribution in [0.5, 0.6) is 5.75 Å². The molecule has 0 spiro atoms. The maximum absolute atomic E-state index is 13.1. The Morgan fingerprint density at radius 3 is 1.92 bits per heavy atom. The van der Waals surface area contributed by atoms with Gasteiger partial charge in [-0.1, -0.05) is 158 Å². The van der Waals surface area contributed by atoms with Gasteiger partial charge >= 0.3 is 0 Å². The summed E-state index contributed by atoms with van der Waals surface area (Å²) in [7, 11) is 0. The number of nitrogens with zero attached hydrogens (tertiary/aromatic N) is 3. The Bertz CT molecular complexity index is 3870. The highest BCUT2D eigenvalue weighted by Gasteiger charge is 2.29. The van der Waals surface area contributed by atoms with E-state index in [9.17, 15) is 5.11 Å². The molecule has 0 aliphatic heterocycles. The van der Waals surface area contributed by atoms with Crippen LogP contribution in [0.1, 0.15) is 115 Å². The van der Waals surface area contributed by atoms with E-state index in [-0.39, 0.29) is 22.8 Å². The van der Waals surface area contributed by atoms with Gasteiger partial charge in [-0.2, -0.15) is 0 Å². The van der Waals surface area contributed by atoms with Crippen molar-refractivity contribution in [2.45, 2.75) is 85.5 Å². The van der Waals surface area contributed by atoms with E-state index in [0.717, 1.165) is 33.4 Å². The number of para-hydroxylation sites is 1. The molecule has 0 atom stereocenters. The van der Waals surface area contributed by atoms with Crippen LogP contribution in [0.25, 0.3) is 83.9 Å². The summed E-state index contributed by atoms with van der Waals surface area (Å²) >= 11 is 0. The lowest BCUT2D eigenvalue weighted by Gasteiger charge is -2.27. The Hall–Kier alpha value is -7.04. The molecule has 4 heteroatoms. The third-order valence-electron chi connectivity index (χ3n) is 11.9. The largest absolute Gasteiger partial charge is 0.507 e. The van der Waals surface area contributed by atoms with Crippen molar-refractivity contribution in [2.75, 3.05) is 0 Å². The van der Waals surface area contributed by atoms with Crippen LogP contribution in [0.2, 0.25) is 0 Å². The zero-order valence-electron chi connectivity index (χ0n) is 55.4. The topological polar surface area (TPSA) is 50.9 Å². The standard InChI is InChI=1S/C61H59N3O/c1-38(2)43-27-28-54(50(34-43)42-23-15-12-16-24-42)64-55-26-18-25-49(57(55)63-59(64)51-36-48(60(5,6)7)37-52(58(51)65)61(8,9)10)46-31-45(41-21-13-11-14-22-41)32-47(33-46)53-35-44(29-30-62-53)56-39(3)19-17-20-40(56)4/h11-38,65H,1-10H3/i5D3,6D3,7D3,8D3,9D3,10D3,38D. The summed E-state index contributed by atoms with van der Waals surface area (Å²) in [5, 5.41) is 13.1. The Kier molecular flexibility index (Phi) is 6.74. The predicted molar refractivity (Wildman–Crippen MR) is 274 cm³/mol. The van der Waals surface area contributed by atoms with Crippen molar-refractivity contribution >= 4 is 11.0 Å². The van der Waals surface area contributed by atoms with Crippen molar-refractivity contribution in [2.24, 2.45) is 0 Å². The van der Waals surface area contributed by atoms with Crippen LogP contribution in [0.4, 0.5) is 0 Å². The summed E-state index contributed by atoms with van der Waals surface area (Å²) in [6, 6.07) is 45.4. The monoisotopic (exact) mass is 869 g/mol. The fourth-order valence-electron chi connectivity index (χ4n) is 8.70. The molecule has 0 saturated carbocycles. The molecular weight excluding hydrogens is 791 g/mol. The maximum atomic E-state index is 13.1. The van der Waals surface area contributed by atoms with Crippen LogP contribution in [0, 0.1) is 13.8 Å². The summed E-state index contributed by atoms with van der Waals surface area (Å²) in [5.74, 6) is -3.04. The van der Waals surface area contributed by atoms with Gasteiger partial charge in [-0.3, -0.25) is 9.55 Å². The van der Waals surface area contributed by atoms with Crippen LogP contribution in [-0.2, 0) is 10.8 Å². The van der Waals surface area contributed by atoms with Crippen molar-refractivity contribution in [3.63, 3.8) is 0 Å². The average molecular weight is 869 g/mol. The van der Waals surface area contributed by atoms with E-state index in [1.165, 1.54) is 4.57 Å². The Morgan fingerprint density at radius 2 is 1.23 bits per heavy atom. The van der Waals surface area contributed by atoms with Crippen molar-refractivity contribution in [1.82, 2.24) is 14.5 Å². The second-order valence-corrected chi connectivity index (χ2v) is 16.8. The highest BCUT2D eigenvalue weighted by Crippen LogP contribution is 2.46. The molecule has 0 aliphatic rings. The molecule has 0 fully saturated rings. The van der Waals surface area contributed by atoms with E-state index in [4.69, 9.17) is 36.0 Å². The van der Waals surface area contributed by atoms with Crippen LogP contribution in [-0.4, -0.2) is 19.6 Å². The van der Waals surface area contributed by atoms with E-state index in [0.29, 0.717) is 45.1 Å². The lowest BCUT2D eigenvalue weighted by atomic mass is 9.79. The molecule has 2 aromatic heterocycles. The van der Waals surface area contributed by atoms with Gasteiger partial charge in [0, 0.05) is 54.5 Å². The molecule has 4 nitrogen and oxygen atoms in total. The molecule has 1 N–H and O–H groups in total. The number of rotatable bonds is 8. The summed E-state index contributed by atoms with van der Waals surface area (Å²) in [6.07, 6.45) is 1.73. The minimum Gasteiger partial charge on any atom is -0.507 e. The summed E-state index contributed by atoms with van der Waals surface area (Å²) in [6.45, 7) is -17.2. The molecule has 0 amide bonds. The zero-order chi connectivity index (χ0) is 61.7. The quantitative estimate of drug-likeness (QED) is 0.166. The molecule has 65 heavy (non-hydrogen) atoms. The average Bonchev–Trinajstić information content (AvgIpc) is 1.04. The van der Waals surface area contributed by atoms with E-state index in [1.54, 1.807) is 86.8 Å². The molecule has 2 heterocycles. The van der Waals surface area contributed by atoms with Gasteiger partial charge in [0.1, 0.15) is 11.6 Å². The zero-order valence-corrected chi connectivity index (χ0v) is 36.4. The Morgan fingerprint density at radius 1 is 0.569 bits per heavy atom. The number of phenolic OH excluding ortho intramolecular Hbond substituents is 1. The van der Waals surface area contributed by atoms with Gasteiger partial charge < -0.3 is 5.11 Å². The molecule has 9 aromatic rings. The Balaban J connectivity index is 1.50. The van der Waals surface area contributed by atoms with Gasteiger partial charge in [0.2, 0.25) is 0 Å². The van der Waals surface area contributed by atoms with Gasteiger partial charge in [-0.15, -0.1) is 0 Å². The minimum absolute atomic E-state index is 0.138. The van der Waals surface area contributed by atoms with Gasteiger partial charge in [0.15, 0.2) is 0 Å². The number of hydrogen-bond donors (Lipinski definition) is 1. The molecular formula is C61H59N3O. The predicted octanol–water partition coefficient (Wildman–Crippen LogP) is 16.5. The number of hydrogen-bond acceptors (Lipinski definition) is 3. The SMILES string of the molecule is [2H]C(C)(C)c1ccc(-n2c(-c3cc(C(C([2H])([2H])[2H])(C([2H])([2H])[2H])C([2H])([2H])[2H])cc(C(C([2H])([2H])[2H])(C([2H])([2H])[2H])C([2H])([2H])[2H])c3O)nc3c(-c4cc(-c5ccccc5)cc(-c5cc(-c6c(C)cccc6C)ccn5)c4)cccc32)c(-c2ccccc2)c1. The third kappa shape index (κ3) is 8.30. The summed E-state index contributed by atoms with van der Waals surface area (Å²) < 4.78 is 169. The van der Waals surface area contributed by atoms with Crippen LogP contribution < -0.4 is 0 Å². The molecule has 0 bridgehead atoms. The number of imidazole rings is 1. The highest BCUT2D eigenvalue weighted by atomic mass is 16.3. The summed E-state index contributed by atoms with van der Waals surface area (Å²) in [5.41, 5.74) is -1.71. The van der Waals surface area contributed by atoms with E-state index in [1.807, 2.05) is 92.7 Å². The lowest BCUT2D eigenvalue weighted by Crippen LogP contribution is -2.17. The Labute approximate surface area is 412 Å². The third-order valence-corrected chi connectivity index (χ3v) is 11.9. The lowest BCUT2D eigenvalue weighted by molar-refractivity contribution is 0.446. The molecule has 7 aromatic carbocycles. The number of pyridine rings is 1. The number of aromatic nitrogens is 3. The number of benzene rings is 7. The normalized spacial score (nSPS) is 17.7. The van der Waals surface area contributed by atoms with E-state index in [2.05, 4.69) is 0 Å². The van der Waals surface area contributed by atoms with Gasteiger partial charge in [0.05, 0.1) is 28.0 Å². The van der Waals surface area contributed by atoms with E-state index < -0.39 is 86.1 Å². The van der Waals surface area contributed by atoms with Crippen molar-refractivity contribution in [3.05, 3.63) is 192 Å². The molecule has 0 saturated heterocycles. The fourth-order valence-corrected chi connectivity index (χ4v) is 8.70. The smallest absolute Gasteiger partial charge is 0.149 e. The first kappa shape index (κ1) is 26.1. The number of aromatic hydroxyl groups is 1. The fraction of sp³-hybridized carbons (Fsp3) is 0.213. The van der Waals surface area contributed by atoms with Crippen molar-refractivity contribution < 1.29 is 31.2 Å². The number of aryl methyl sites for hydroxylation is 2. The maximum Gasteiger partial charge on any atom is 0.149 e. The first-order chi connectivity index (χ1) is 38.9. The second-order valence-electron chi connectivity index (χ2n) is 16.8. The second kappa shape index (κ2) is 16.8. The van der Waals surface area contributed by atoms with Crippen molar-refractivity contribution in [3.8, 4) is 78.6 Å². The number of fused-ring (bicyclic) bond motifs is 1. The molecule has 0 radical (unpaired) electrons. The molecule has 0 aliphatic carbocycles. The first-order valence-electron chi connectivity index (χ1n) is 30.7. The van der Waals surface area contributed by atoms with Crippen molar-refractivity contribution in [1.29, 1.82) is 0 Å². The van der Waals surface area contributed by atoms with Gasteiger partial charge in [-0.05, 0) is 141 Å². The van der Waals surface area contributed by atoms with Crippen LogP contribution >= 0.6 is 0 Å². The minimum atomic E-state index is -4.16. The van der Waals surface area contributed by atoms with E-state index >= 15 is 0 Å². The van der Waals surface area contributed by atoms with Crippen LogP contribution in [0.3, 0.4) is 0 Å². The highest BCUT2D eigenvalue weighted by molar-refractivity contribution is 5.98. The van der Waals surface area contributed by atoms with Gasteiger partial charge in [0.25, 0.3) is 0 Å². The van der Waals surface area contributed by atoms with Gasteiger partial charge in [-0.25, -0.2) is 4.98 Å². The van der Waals surface area contributed by atoms with Crippen LogP contribution in [0.15, 0.2) is 164 Å². The molecule has 0 unspecified atom stereocenters. The summed E-state index contributed by atoms with van der Waals surface area (Å²) in [4.78, 5) is 10.1. The molecule has 324 valence electrons.